The van der Waals surface area contributed by atoms with Gasteiger partial charge in [-0.15, -0.1) is 0 Å². The van der Waals surface area contributed by atoms with E-state index in [0.717, 1.165) is 137 Å². The Bertz CT molecular complexity index is 1450. The summed E-state index contributed by atoms with van der Waals surface area (Å²) in [6.07, 6.45) is 5.68. The summed E-state index contributed by atoms with van der Waals surface area (Å²) in [5.41, 5.74) is 0. The molecule has 0 radical (unpaired) electrons. The molecule has 0 aromatic heterocycles. The van der Waals surface area contributed by atoms with Gasteiger partial charge in [0, 0.05) is 235 Å². The fourth-order valence-electron chi connectivity index (χ4n) is 8.63. The van der Waals surface area contributed by atoms with E-state index < -0.39 is 0 Å². The van der Waals surface area contributed by atoms with Crippen molar-refractivity contribution in [3.05, 3.63) is 12.2 Å². The lowest BCUT2D eigenvalue weighted by molar-refractivity contribution is -0.135. The molecule has 83 heavy (non-hydrogen) atoms. The first-order valence-electron chi connectivity index (χ1n) is 28.8. The van der Waals surface area contributed by atoms with Crippen molar-refractivity contribution in [2.45, 2.75) is 76.7 Å². The van der Waals surface area contributed by atoms with E-state index in [9.17, 15) is 28.8 Å². The van der Waals surface area contributed by atoms with Crippen LogP contribution in [0, 0.1) is 23.7 Å². The summed E-state index contributed by atoms with van der Waals surface area (Å²) in [4.78, 5) is 75.0. The molecular formula is C57H130N20O6. The van der Waals surface area contributed by atoms with Crippen LogP contribution in [0.2, 0.25) is 0 Å². The number of carbonyl (C=O) groups excluding carboxylic acids is 6. The van der Waals surface area contributed by atoms with Gasteiger partial charge in [0.15, 0.2) is 0 Å². The van der Waals surface area contributed by atoms with E-state index in [0.29, 0.717) is 78.5 Å². The average molecular weight is 1190 g/mol. The van der Waals surface area contributed by atoms with E-state index in [-0.39, 0.29) is 129 Å². The molecule has 1 saturated carbocycles. The molecular weight excluding hydrogens is 1060 g/mol. The first-order valence-corrected chi connectivity index (χ1v) is 28.8. The van der Waals surface area contributed by atoms with Crippen molar-refractivity contribution in [3.63, 3.8) is 0 Å². The van der Waals surface area contributed by atoms with Crippen LogP contribution in [-0.2, 0) is 28.8 Å². The third-order valence-electron chi connectivity index (χ3n) is 12.9. The number of fused-ring (bicyclic) bond motifs is 2. The summed E-state index contributed by atoms with van der Waals surface area (Å²) in [5, 5.41) is 63.7. The topological polar surface area (TPSA) is 343 Å². The number of allylic oxidation sites excluding steroid dienone is 2. The summed E-state index contributed by atoms with van der Waals surface area (Å²) >= 11 is 0. The van der Waals surface area contributed by atoms with Gasteiger partial charge >= 0.3 is 0 Å². The smallest absolute Gasteiger partial charge is 0.224 e. The highest BCUT2D eigenvalue weighted by Crippen LogP contribution is 2.48. The van der Waals surface area contributed by atoms with Crippen molar-refractivity contribution >= 4 is 35.4 Å². The van der Waals surface area contributed by atoms with Crippen LogP contribution in [-0.4, -0.2) is 259 Å². The lowest BCUT2D eigenvalue weighted by Crippen LogP contribution is -2.46. The van der Waals surface area contributed by atoms with E-state index >= 15 is 0 Å². The number of hydrogen-bond acceptors (Lipinski definition) is 20. The Hall–Kier alpha value is -4.00. The van der Waals surface area contributed by atoms with Gasteiger partial charge in [-0.05, 0) is 32.4 Å². The van der Waals surface area contributed by atoms with Crippen LogP contribution < -0.4 is 106 Å². The average Bonchev–Trinajstić information content (AvgIpc) is 3.59. The van der Waals surface area contributed by atoms with Crippen molar-refractivity contribution in [2.24, 2.45) is 23.7 Å². The van der Waals surface area contributed by atoms with Gasteiger partial charge < -0.3 is 106 Å². The minimum absolute atomic E-state index is 0. The molecule has 26 nitrogen and oxygen atoms in total. The number of nitrogens with one attached hydrogen (secondary N) is 20. The quantitative estimate of drug-likeness (QED) is 0.0204. The van der Waals surface area contributed by atoms with Crippen LogP contribution in [0.25, 0.3) is 0 Å². The fourth-order valence-corrected chi connectivity index (χ4v) is 8.63. The number of hydrogen-bond donors (Lipinski definition) is 20. The van der Waals surface area contributed by atoms with Crippen LogP contribution in [0.3, 0.4) is 0 Å². The molecule has 0 aliphatic heterocycles. The van der Waals surface area contributed by atoms with Gasteiger partial charge in [0.2, 0.25) is 35.4 Å². The minimum atomic E-state index is -0.356. The Balaban J connectivity index is -0.00000338. The lowest BCUT2D eigenvalue weighted by atomic mass is 9.81. The maximum atomic E-state index is 13.3. The molecule has 0 spiro atoms. The first kappa shape index (κ1) is 87.8. The maximum Gasteiger partial charge on any atom is 0.224 e. The Morgan fingerprint density at radius 3 is 0.627 bits per heavy atom. The predicted molar refractivity (Wildman–Crippen MR) is 347 cm³/mol. The minimum Gasteiger partial charge on any atom is -0.355 e. The molecule has 26 heteroatoms. The van der Waals surface area contributed by atoms with Crippen LogP contribution in [0.4, 0.5) is 0 Å². The van der Waals surface area contributed by atoms with Gasteiger partial charge in [-0.1, -0.05) is 56.7 Å². The SMILES string of the molecule is C.C.C.C.C.C.CNCCNCCNCCNCCNC(=O)CCC(=O)NCCNCCNCCNCCNC(=O)C1C2C=CC(C2)C1C(=O)NCCNCCNCCNCCNC(=O)CCC(=O)NCCNCCNCCNCCNC. The van der Waals surface area contributed by atoms with E-state index in [1.807, 2.05) is 14.1 Å². The van der Waals surface area contributed by atoms with Gasteiger partial charge in [-0.3, -0.25) is 28.8 Å². The van der Waals surface area contributed by atoms with E-state index in [1.54, 1.807) is 0 Å². The molecule has 0 aromatic carbocycles. The number of likely N-dealkylation sites (N-methyl/N-ethyl adjacent to an activating group) is 2. The van der Waals surface area contributed by atoms with Gasteiger partial charge in [-0.25, -0.2) is 0 Å². The second-order valence-corrected chi connectivity index (χ2v) is 19.2. The molecule has 2 aliphatic carbocycles. The molecule has 494 valence electrons. The summed E-state index contributed by atoms with van der Waals surface area (Å²) in [5.74, 6) is -1.19. The molecule has 0 heterocycles. The molecule has 2 bridgehead atoms. The normalized spacial score (nSPS) is 15.2. The number of carbonyl (C=O) groups is 6. The van der Waals surface area contributed by atoms with Crippen LogP contribution in [0.1, 0.15) is 76.7 Å². The van der Waals surface area contributed by atoms with Gasteiger partial charge in [0.1, 0.15) is 0 Å². The molecule has 2 aliphatic rings. The highest BCUT2D eigenvalue weighted by Gasteiger charge is 2.51. The highest BCUT2D eigenvalue weighted by molar-refractivity contribution is 5.90. The van der Waals surface area contributed by atoms with Crippen molar-refractivity contribution < 1.29 is 28.8 Å². The molecule has 20 N–H and O–H groups in total. The van der Waals surface area contributed by atoms with Crippen molar-refractivity contribution in [1.29, 1.82) is 0 Å². The van der Waals surface area contributed by atoms with Crippen LogP contribution in [0.5, 0.6) is 0 Å². The molecule has 1 fully saturated rings. The molecule has 2 rings (SSSR count). The summed E-state index contributed by atoms with van der Waals surface area (Å²) in [6.45, 7) is 23.8. The van der Waals surface area contributed by atoms with E-state index in [2.05, 4.69) is 118 Å². The largest absolute Gasteiger partial charge is 0.355 e. The predicted octanol–water partition coefficient (Wildman–Crippen LogP) is -3.99. The molecule has 4 atom stereocenters. The standard InChI is InChI=1S/C51H106N20O6.6CH4/c1-52-9-11-54-13-15-56-17-23-60-29-35-66-44(72)5-7-46(74)68-37-31-62-25-19-58-21-27-64-33-39-70-50(76)48-42-3-4-43(41-42)49(48)51(77)71-40-34-65-28-22-59-20-26-63-32-38-69-47(75)8-6-45(73)67-36-30-61-24-18-57-16-14-55-12-10-53-2;;;;;;/h3-4,42-43,48-49,52-65H,5-41H2,1-2H3,(H,66,72)(H,67,73)(H,68,74)(H,69,75)(H,70,76)(H,71,77);6*1H4. The second kappa shape index (κ2) is 64.0. The van der Waals surface area contributed by atoms with Crippen LogP contribution in [0.15, 0.2) is 12.2 Å². The summed E-state index contributed by atoms with van der Waals surface area (Å²) in [7, 11) is 3.87. The van der Waals surface area contributed by atoms with Crippen molar-refractivity contribution in [1.82, 2.24) is 106 Å². The third-order valence-corrected chi connectivity index (χ3v) is 12.9. The van der Waals surface area contributed by atoms with Gasteiger partial charge in [0.05, 0.1) is 11.8 Å². The fraction of sp³-hybridized carbons (Fsp3) is 0.860. The monoisotopic (exact) mass is 1190 g/mol. The van der Waals surface area contributed by atoms with Gasteiger partial charge in [0.25, 0.3) is 0 Å². The van der Waals surface area contributed by atoms with E-state index in [1.165, 1.54) is 0 Å². The number of amides is 6. The zero-order valence-electron chi connectivity index (χ0n) is 47.1. The van der Waals surface area contributed by atoms with Gasteiger partial charge in [-0.2, -0.15) is 0 Å². The number of rotatable bonds is 56. The Morgan fingerprint density at radius 2 is 0.434 bits per heavy atom. The molecule has 6 amide bonds. The Kier molecular flexibility index (Phi) is 67.7. The Morgan fingerprint density at radius 1 is 0.265 bits per heavy atom. The third kappa shape index (κ3) is 49.9. The summed E-state index contributed by atoms with van der Waals surface area (Å²) < 4.78 is 0. The highest BCUT2D eigenvalue weighted by atomic mass is 16.2. The second-order valence-electron chi connectivity index (χ2n) is 19.2. The summed E-state index contributed by atoms with van der Waals surface area (Å²) in [6, 6.07) is 0. The van der Waals surface area contributed by atoms with Crippen LogP contribution >= 0.6 is 0 Å². The zero-order chi connectivity index (χ0) is 55.5. The lowest BCUT2D eigenvalue weighted by Gasteiger charge is -2.26. The molecule has 0 aromatic rings. The van der Waals surface area contributed by atoms with Crippen molar-refractivity contribution in [3.8, 4) is 0 Å². The molecule has 4 unspecified atom stereocenters. The maximum absolute atomic E-state index is 13.3. The van der Waals surface area contributed by atoms with Crippen molar-refractivity contribution in [2.75, 3.05) is 224 Å². The van der Waals surface area contributed by atoms with E-state index in [4.69, 9.17) is 0 Å². The molecule has 0 saturated heterocycles. The first-order chi connectivity index (χ1) is 37.8. The Labute approximate surface area is 504 Å². The zero-order valence-corrected chi connectivity index (χ0v) is 47.1.